The predicted octanol–water partition coefficient (Wildman–Crippen LogP) is 12.3. The molecular weight excluding hydrogens is 695 g/mol. The molecule has 1 N–H and O–H groups in total. The Hall–Kier alpha value is -7.63. The third-order valence-electron chi connectivity index (χ3n) is 11.0. The van der Waals surface area contributed by atoms with Crippen molar-refractivity contribution in [2.45, 2.75) is 6.17 Å². The first-order chi connectivity index (χ1) is 28.3. The molecule has 8 aromatic carbocycles. The van der Waals surface area contributed by atoms with Gasteiger partial charge >= 0.3 is 0 Å². The Morgan fingerprint density at radius 1 is 0.439 bits per heavy atom. The van der Waals surface area contributed by atoms with E-state index in [0.717, 1.165) is 77.9 Å². The molecule has 1 unspecified atom stereocenters. The molecule has 268 valence electrons. The maximum atomic E-state index is 5.26. The van der Waals surface area contributed by atoms with E-state index in [1.807, 2.05) is 36.4 Å². The molecule has 1 aliphatic heterocycles. The van der Waals surface area contributed by atoms with Crippen molar-refractivity contribution in [1.82, 2.24) is 14.9 Å². The van der Waals surface area contributed by atoms with Crippen LogP contribution in [0.2, 0.25) is 0 Å². The minimum atomic E-state index is -0.357. The van der Waals surface area contributed by atoms with E-state index < -0.39 is 0 Å². The summed E-state index contributed by atoms with van der Waals surface area (Å²) in [7, 11) is 0. The number of para-hydroxylation sites is 2. The van der Waals surface area contributed by atoms with E-state index in [1.165, 1.54) is 16.2 Å². The first-order valence-corrected chi connectivity index (χ1v) is 19.3. The number of nitrogens with one attached hydrogen (secondary N) is 1. The van der Waals surface area contributed by atoms with Gasteiger partial charge in [0.1, 0.15) is 12.0 Å². The maximum absolute atomic E-state index is 5.26. The van der Waals surface area contributed by atoms with Gasteiger partial charge in [-0.15, -0.1) is 0 Å². The zero-order valence-electron chi connectivity index (χ0n) is 30.9. The summed E-state index contributed by atoms with van der Waals surface area (Å²) in [5, 5.41) is 9.53. The molecule has 0 amide bonds. The lowest BCUT2D eigenvalue weighted by molar-refractivity contribution is 0.676. The SMILES string of the molecule is c1ccc(C2=NC(c3ccccc3-c3ccc4c(c3)c3cc5c(cc3n4-c3ccccc3)c(-c3ccccc3)nc3ccccc35)NC(c3ccccc3)=N2)cc1. The summed E-state index contributed by atoms with van der Waals surface area (Å²) in [5.74, 6) is 1.51. The lowest BCUT2D eigenvalue weighted by Gasteiger charge is -2.25. The number of hydrogen-bond donors (Lipinski definition) is 1. The number of benzene rings is 8. The second-order valence-electron chi connectivity index (χ2n) is 14.4. The molecule has 1 aliphatic rings. The Bertz CT molecular complexity index is 3190. The molecule has 0 saturated carbocycles. The Balaban J connectivity index is 1.14. The largest absolute Gasteiger partial charge is 0.344 e. The zero-order chi connectivity index (χ0) is 37.7. The third kappa shape index (κ3) is 5.68. The van der Waals surface area contributed by atoms with Crippen LogP contribution in [0.1, 0.15) is 22.9 Å². The minimum absolute atomic E-state index is 0.357. The number of nitrogens with zero attached hydrogens (tertiary/aromatic N) is 4. The van der Waals surface area contributed by atoms with E-state index in [2.05, 4.69) is 174 Å². The van der Waals surface area contributed by atoms with Crippen molar-refractivity contribution in [3.63, 3.8) is 0 Å². The van der Waals surface area contributed by atoms with Crippen LogP contribution in [0.3, 0.4) is 0 Å². The number of aliphatic imine (C=N–C) groups is 2. The zero-order valence-corrected chi connectivity index (χ0v) is 30.9. The molecule has 0 spiro atoms. The number of hydrogen-bond acceptors (Lipinski definition) is 4. The highest BCUT2D eigenvalue weighted by atomic mass is 15.2. The van der Waals surface area contributed by atoms with Crippen molar-refractivity contribution in [3.8, 4) is 28.1 Å². The van der Waals surface area contributed by atoms with Gasteiger partial charge in [-0.25, -0.2) is 15.0 Å². The molecule has 0 saturated heterocycles. The third-order valence-corrected chi connectivity index (χ3v) is 11.0. The summed E-state index contributed by atoms with van der Waals surface area (Å²) in [6.07, 6.45) is -0.357. The first-order valence-electron chi connectivity index (χ1n) is 19.3. The average Bonchev–Trinajstić information content (AvgIpc) is 3.61. The van der Waals surface area contributed by atoms with Crippen molar-refractivity contribution in [3.05, 3.63) is 217 Å². The second-order valence-corrected chi connectivity index (χ2v) is 14.4. The topological polar surface area (TPSA) is 54.6 Å². The van der Waals surface area contributed by atoms with Crippen molar-refractivity contribution in [2.24, 2.45) is 9.98 Å². The molecule has 0 fully saturated rings. The van der Waals surface area contributed by atoms with Crippen molar-refractivity contribution >= 4 is 55.2 Å². The predicted molar refractivity (Wildman–Crippen MR) is 236 cm³/mol. The first kappa shape index (κ1) is 32.8. The Morgan fingerprint density at radius 2 is 1.07 bits per heavy atom. The Morgan fingerprint density at radius 3 is 1.84 bits per heavy atom. The Kier molecular flexibility index (Phi) is 7.81. The highest BCUT2D eigenvalue weighted by Crippen LogP contribution is 2.42. The van der Waals surface area contributed by atoms with E-state index in [0.29, 0.717) is 5.84 Å². The molecule has 3 heterocycles. The van der Waals surface area contributed by atoms with Gasteiger partial charge in [-0.2, -0.15) is 0 Å². The normalized spacial score (nSPS) is 14.1. The monoisotopic (exact) mass is 729 g/mol. The minimum Gasteiger partial charge on any atom is -0.344 e. The van der Waals surface area contributed by atoms with Crippen LogP contribution in [-0.4, -0.2) is 21.2 Å². The maximum Gasteiger partial charge on any atom is 0.159 e. The van der Waals surface area contributed by atoms with Gasteiger partial charge in [0.25, 0.3) is 0 Å². The van der Waals surface area contributed by atoms with Gasteiger partial charge in [0.2, 0.25) is 0 Å². The molecule has 10 aromatic rings. The number of pyridine rings is 1. The van der Waals surface area contributed by atoms with Crippen LogP contribution in [-0.2, 0) is 0 Å². The molecule has 0 aliphatic carbocycles. The fraction of sp³-hybridized carbons (Fsp3) is 0.0192. The van der Waals surface area contributed by atoms with Crippen LogP contribution in [0.5, 0.6) is 0 Å². The quantitative estimate of drug-likeness (QED) is 0.173. The lowest BCUT2D eigenvalue weighted by atomic mass is 9.95. The highest BCUT2D eigenvalue weighted by Gasteiger charge is 2.24. The number of aromatic nitrogens is 2. The number of fused-ring (bicyclic) bond motifs is 6. The molecule has 57 heavy (non-hydrogen) atoms. The van der Waals surface area contributed by atoms with Crippen molar-refractivity contribution in [1.29, 1.82) is 0 Å². The fourth-order valence-corrected chi connectivity index (χ4v) is 8.37. The molecule has 2 aromatic heterocycles. The van der Waals surface area contributed by atoms with Crippen LogP contribution >= 0.6 is 0 Å². The summed E-state index contributed by atoms with van der Waals surface area (Å²) in [6.45, 7) is 0. The Labute approximate surface area is 330 Å². The van der Waals surface area contributed by atoms with Gasteiger partial charge in [0.05, 0.1) is 22.2 Å². The van der Waals surface area contributed by atoms with Gasteiger partial charge < -0.3 is 9.88 Å². The molecule has 0 bridgehead atoms. The van der Waals surface area contributed by atoms with Crippen LogP contribution < -0.4 is 5.32 Å². The van der Waals surface area contributed by atoms with E-state index >= 15 is 0 Å². The van der Waals surface area contributed by atoms with Gasteiger partial charge in [-0.3, -0.25) is 0 Å². The molecule has 5 heteroatoms. The summed E-state index contributed by atoms with van der Waals surface area (Å²) in [6, 6.07) is 70.5. The smallest absolute Gasteiger partial charge is 0.159 e. The van der Waals surface area contributed by atoms with E-state index in [-0.39, 0.29) is 6.17 Å². The van der Waals surface area contributed by atoms with E-state index in [4.69, 9.17) is 15.0 Å². The van der Waals surface area contributed by atoms with Crippen LogP contribution in [0.15, 0.2) is 210 Å². The summed E-state index contributed by atoms with van der Waals surface area (Å²) < 4.78 is 2.39. The summed E-state index contributed by atoms with van der Waals surface area (Å²) in [5.41, 5.74) is 11.8. The van der Waals surface area contributed by atoms with Gasteiger partial charge in [-0.1, -0.05) is 158 Å². The molecule has 5 nitrogen and oxygen atoms in total. The summed E-state index contributed by atoms with van der Waals surface area (Å²) >= 11 is 0. The van der Waals surface area contributed by atoms with Crippen molar-refractivity contribution in [2.75, 3.05) is 0 Å². The lowest BCUT2D eigenvalue weighted by Crippen LogP contribution is -2.33. The molecule has 11 rings (SSSR count). The summed E-state index contributed by atoms with van der Waals surface area (Å²) in [4.78, 5) is 15.5. The van der Waals surface area contributed by atoms with Gasteiger partial charge in [0, 0.05) is 49.5 Å². The fourth-order valence-electron chi connectivity index (χ4n) is 8.37. The molecule has 1 atom stereocenters. The second kappa shape index (κ2) is 13.6. The van der Waals surface area contributed by atoms with Gasteiger partial charge in [0.15, 0.2) is 5.84 Å². The van der Waals surface area contributed by atoms with Crippen LogP contribution in [0.25, 0.3) is 71.6 Å². The highest BCUT2D eigenvalue weighted by molar-refractivity contribution is 6.21. The average molecular weight is 730 g/mol. The standard InChI is InChI=1S/C52H35N5/c1-5-17-34(18-6-1)49-45-33-48-44(32-42(45)40-26-15-16-28-46(40)53-49)43-31-37(29-30-47(43)57(48)38-23-11-4-12-24-38)39-25-13-14-27-41(39)52-55-50(35-19-7-2-8-20-35)54-51(56-52)36-21-9-3-10-22-36/h1-33,52H,(H,54,55,56). The number of amidine groups is 2. The number of rotatable bonds is 6. The van der Waals surface area contributed by atoms with Crippen LogP contribution in [0.4, 0.5) is 0 Å². The van der Waals surface area contributed by atoms with E-state index in [1.54, 1.807) is 0 Å². The molecule has 0 radical (unpaired) electrons. The van der Waals surface area contributed by atoms with Crippen molar-refractivity contribution < 1.29 is 0 Å². The molecular formula is C52H35N5. The van der Waals surface area contributed by atoms with Gasteiger partial charge in [-0.05, 0) is 59.0 Å². The van der Waals surface area contributed by atoms with E-state index in [9.17, 15) is 0 Å². The van der Waals surface area contributed by atoms with Crippen LogP contribution in [0, 0.1) is 0 Å².